The number of anilines is 1. The van der Waals surface area contributed by atoms with Crippen molar-refractivity contribution in [2.24, 2.45) is 16.6 Å². The summed E-state index contributed by atoms with van der Waals surface area (Å²) in [7, 11) is 1.72. The third-order valence-electron chi connectivity index (χ3n) is 4.07. The molecule has 0 radical (unpaired) electrons. The van der Waals surface area contributed by atoms with E-state index in [1.54, 1.807) is 7.11 Å². The third-order valence-corrected chi connectivity index (χ3v) is 4.07. The number of nitrogens with one attached hydrogen (secondary N) is 1. The van der Waals surface area contributed by atoms with Crippen molar-refractivity contribution in [3.63, 3.8) is 0 Å². The van der Waals surface area contributed by atoms with Crippen LogP contribution in [0.15, 0.2) is 29.3 Å². The smallest absolute Gasteiger partial charge is 0.188 e. The van der Waals surface area contributed by atoms with E-state index in [1.165, 1.54) is 5.69 Å². The Morgan fingerprint density at radius 3 is 3.05 bits per heavy atom. The summed E-state index contributed by atoms with van der Waals surface area (Å²) in [6, 6.07) is 8.18. The van der Waals surface area contributed by atoms with Crippen molar-refractivity contribution in [3.05, 3.63) is 24.3 Å². The van der Waals surface area contributed by atoms with Gasteiger partial charge in [0.2, 0.25) is 0 Å². The van der Waals surface area contributed by atoms with Gasteiger partial charge in [0, 0.05) is 26.2 Å². The maximum absolute atomic E-state index is 5.89. The van der Waals surface area contributed by atoms with E-state index >= 15 is 0 Å². The zero-order chi connectivity index (χ0) is 15.8. The molecule has 5 nitrogen and oxygen atoms in total. The minimum Gasteiger partial charge on any atom is -0.495 e. The van der Waals surface area contributed by atoms with Crippen molar-refractivity contribution < 1.29 is 4.74 Å². The fraction of sp³-hybridized carbons (Fsp3) is 0.588. The van der Waals surface area contributed by atoms with Gasteiger partial charge in [-0.05, 0) is 30.9 Å². The van der Waals surface area contributed by atoms with E-state index in [9.17, 15) is 0 Å². The molecule has 2 rings (SSSR count). The van der Waals surface area contributed by atoms with E-state index in [0.717, 1.165) is 51.2 Å². The van der Waals surface area contributed by atoms with Crippen LogP contribution in [0.4, 0.5) is 5.69 Å². The molecule has 5 heteroatoms. The van der Waals surface area contributed by atoms with Crippen LogP contribution in [0.1, 0.15) is 26.2 Å². The molecular weight excluding hydrogens is 276 g/mol. The third kappa shape index (κ3) is 4.55. The lowest BCUT2D eigenvalue weighted by Gasteiger charge is -2.21. The van der Waals surface area contributed by atoms with Crippen LogP contribution in [0.25, 0.3) is 0 Å². The van der Waals surface area contributed by atoms with E-state index in [4.69, 9.17) is 10.5 Å². The second-order valence-electron chi connectivity index (χ2n) is 5.78. The summed E-state index contributed by atoms with van der Waals surface area (Å²) in [5, 5.41) is 3.16. The summed E-state index contributed by atoms with van der Waals surface area (Å²) in [6.07, 6.45) is 3.43. The van der Waals surface area contributed by atoms with Crippen LogP contribution >= 0.6 is 0 Å². The van der Waals surface area contributed by atoms with Crippen LogP contribution in [-0.4, -0.2) is 39.2 Å². The minimum atomic E-state index is 0.552. The summed E-state index contributed by atoms with van der Waals surface area (Å²) < 4.78 is 5.45. The van der Waals surface area contributed by atoms with Crippen LogP contribution in [0.2, 0.25) is 0 Å². The molecule has 122 valence electrons. The number of para-hydroxylation sites is 2. The highest BCUT2D eigenvalue weighted by molar-refractivity contribution is 5.77. The summed E-state index contributed by atoms with van der Waals surface area (Å²) in [5.74, 6) is 2.06. The molecule has 0 aliphatic carbocycles. The van der Waals surface area contributed by atoms with Gasteiger partial charge in [-0.1, -0.05) is 25.5 Å². The molecule has 0 spiro atoms. The van der Waals surface area contributed by atoms with Crippen LogP contribution < -0.4 is 20.7 Å². The van der Waals surface area contributed by atoms with Gasteiger partial charge in [0.05, 0.1) is 12.8 Å². The predicted molar refractivity (Wildman–Crippen MR) is 92.7 cm³/mol. The first kappa shape index (κ1) is 16.5. The Hall–Kier alpha value is -1.91. The predicted octanol–water partition coefficient (Wildman–Crippen LogP) is 2.23. The number of hydrogen-bond acceptors (Lipinski definition) is 3. The molecule has 3 N–H and O–H groups in total. The minimum absolute atomic E-state index is 0.552. The molecule has 1 aliphatic rings. The van der Waals surface area contributed by atoms with Gasteiger partial charge in [0.25, 0.3) is 0 Å². The Morgan fingerprint density at radius 2 is 2.27 bits per heavy atom. The van der Waals surface area contributed by atoms with Crippen molar-refractivity contribution in [2.75, 3.05) is 38.2 Å². The topological polar surface area (TPSA) is 62.9 Å². The van der Waals surface area contributed by atoms with Gasteiger partial charge in [0.1, 0.15) is 5.75 Å². The van der Waals surface area contributed by atoms with Crippen LogP contribution in [0.5, 0.6) is 5.75 Å². The lowest BCUT2D eigenvalue weighted by molar-refractivity contribution is 0.414. The Kier molecular flexibility index (Phi) is 6.37. The van der Waals surface area contributed by atoms with Gasteiger partial charge >= 0.3 is 0 Å². The fourth-order valence-electron chi connectivity index (χ4n) is 2.77. The second kappa shape index (κ2) is 8.51. The number of hydrogen-bond donors (Lipinski definition) is 2. The van der Waals surface area contributed by atoms with Gasteiger partial charge in [-0.3, -0.25) is 4.99 Å². The number of methoxy groups -OCH3 is 1. The number of ether oxygens (including phenoxy) is 1. The van der Waals surface area contributed by atoms with Crippen molar-refractivity contribution in [1.82, 2.24) is 5.32 Å². The normalized spacial score (nSPS) is 18.5. The molecule has 0 amide bonds. The number of nitrogens with zero attached hydrogens (tertiary/aromatic N) is 2. The second-order valence-corrected chi connectivity index (χ2v) is 5.78. The van der Waals surface area contributed by atoms with Gasteiger partial charge in [-0.15, -0.1) is 0 Å². The summed E-state index contributed by atoms with van der Waals surface area (Å²) in [6.45, 7) is 5.91. The molecule has 0 bridgehead atoms. The monoisotopic (exact) mass is 304 g/mol. The van der Waals surface area contributed by atoms with Gasteiger partial charge in [-0.25, -0.2) is 0 Å². The first-order valence-electron chi connectivity index (χ1n) is 8.16. The largest absolute Gasteiger partial charge is 0.495 e. The number of unbranched alkanes of at least 4 members (excludes halogenated alkanes) is 1. The standard InChI is InChI=1S/C17H28N4O/c1-3-4-10-19-17(18)20-12-14-9-11-21(13-14)15-7-5-6-8-16(15)22-2/h5-8,14H,3-4,9-13H2,1-2H3,(H3,18,19,20). The maximum Gasteiger partial charge on any atom is 0.188 e. The molecule has 1 atom stereocenters. The summed E-state index contributed by atoms with van der Waals surface area (Å²) in [5.41, 5.74) is 7.06. The van der Waals surface area contributed by atoms with Crippen LogP contribution in [-0.2, 0) is 0 Å². The fourth-order valence-corrected chi connectivity index (χ4v) is 2.77. The Bertz CT molecular complexity index is 489. The van der Waals surface area contributed by atoms with Crippen molar-refractivity contribution in [2.45, 2.75) is 26.2 Å². The number of guanidine groups is 1. The van der Waals surface area contributed by atoms with E-state index < -0.39 is 0 Å². The van der Waals surface area contributed by atoms with Crippen molar-refractivity contribution >= 4 is 11.6 Å². The van der Waals surface area contributed by atoms with E-state index in [-0.39, 0.29) is 0 Å². The summed E-state index contributed by atoms with van der Waals surface area (Å²) in [4.78, 5) is 6.85. The van der Waals surface area contributed by atoms with E-state index in [1.807, 2.05) is 12.1 Å². The molecule has 22 heavy (non-hydrogen) atoms. The Labute approximate surface area is 133 Å². The molecule has 1 heterocycles. The summed E-state index contributed by atoms with van der Waals surface area (Å²) >= 11 is 0. The first-order valence-corrected chi connectivity index (χ1v) is 8.16. The molecule has 1 saturated heterocycles. The van der Waals surface area contributed by atoms with Gasteiger partial charge in [-0.2, -0.15) is 0 Å². The van der Waals surface area contributed by atoms with Gasteiger partial charge < -0.3 is 20.7 Å². The highest BCUT2D eigenvalue weighted by Crippen LogP contribution is 2.31. The highest BCUT2D eigenvalue weighted by atomic mass is 16.5. The molecule has 0 aromatic heterocycles. The SMILES string of the molecule is CCCCNC(N)=NCC1CCN(c2ccccc2OC)C1. The zero-order valence-electron chi connectivity index (χ0n) is 13.7. The first-order chi connectivity index (χ1) is 10.7. The van der Waals surface area contributed by atoms with Crippen molar-refractivity contribution in [1.29, 1.82) is 0 Å². The van der Waals surface area contributed by atoms with E-state index in [2.05, 4.69) is 34.3 Å². The molecule has 0 saturated carbocycles. The average Bonchev–Trinajstić information content (AvgIpc) is 3.02. The molecule has 1 unspecified atom stereocenters. The highest BCUT2D eigenvalue weighted by Gasteiger charge is 2.24. The maximum atomic E-state index is 5.89. The number of benzene rings is 1. The quantitative estimate of drug-likeness (QED) is 0.461. The molecule has 1 aliphatic heterocycles. The average molecular weight is 304 g/mol. The van der Waals surface area contributed by atoms with E-state index in [0.29, 0.717) is 11.9 Å². The molecule has 1 fully saturated rings. The van der Waals surface area contributed by atoms with Gasteiger partial charge in [0.15, 0.2) is 5.96 Å². The lowest BCUT2D eigenvalue weighted by Crippen LogP contribution is -2.33. The molecule has 1 aromatic rings. The zero-order valence-corrected chi connectivity index (χ0v) is 13.7. The number of aliphatic imine (C=N–C) groups is 1. The van der Waals surface area contributed by atoms with Crippen molar-refractivity contribution in [3.8, 4) is 5.75 Å². The van der Waals surface area contributed by atoms with Crippen LogP contribution in [0, 0.1) is 5.92 Å². The molecule has 1 aromatic carbocycles. The number of nitrogens with two attached hydrogens (primary N) is 1. The molecular formula is C17H28N4O. The Balaban J connectivity index is 1.84. The lowest BCUT2D eigenvalue weighted by atomic mass is 10.1. The number of rotatable bonds is 7. The Morgan fingerprint density at radius 1 is 1.45 bits per heavy atom. The van der Waals surface area contributed by atoms with Crippen LogP contribution in [0.3, 0.4) is 0 Å².